The van der Waals surface area contributed by atoms with Crippen molar-refractivity contribution in [3.05, 3.63) is 23.2 Å². The van der Waals surface area contributed by atoms with E-state index in [4.69, 9.17) is 16.3 Å². The number of ether oxygens (including phenoxy) is 1. The summed E-state index contributed by atoms with van der Waals surface area (Å²) in [7, 11) is -1.58. The molecular weight excluding hydrogens is 396 g/mol. The van der Waals surface area contributed by atoms with Crippen LogP contribution in [0, 0.1) is 5.92 Å². The van der Waals surface area contributed by atoms with Gasteiger partial charge in [0, 0.05) is 16.7 Å². The Balaban J connectivity index is 2.05. The summed E-state index contributed by atoms with van der Waals surface area (Å²) in [4.78, 5) is 18.3. The highest BCUT2D eigenvalue weighted by molar-refractivity contribution is 8.16. The summed E-state index contributed by atoms with van der Waals surface area (Å²) in [5.74, 6) is 0.657. The highest BCUT2D eigenvalue weighted by Gasteiger charge is 2.50. The average Bonchev–Trinajstić information content (AvgIpc) is 2.97. The number of sulfone groups is 1. The average molecular weight is 417 g/mol. The van der Waals surface area contributed by atoms with E-state index >= 15 is 0 Å². The van der Waals surface area contributed by atoms with Gasteiger partial charge in [-0.1, -0.05) is 37.2 Å². The monoisotopic (exact) mass is 416 g/mol. The maximum atomic E-state index is 12.3. The number of amidine groups is 1. The van der Waals surface area contributed by atoms with Gasteiger partial charge < -0.3 is 9.64 Å². The molecule has 0 unspecified atom stereocenters. The van der Waals surface area contributed by atoms with E-state index in [9.17, 15) is 13.2 Å². The Bertz CT molecular complexity index is 854. The minimum atomic E-state index is -3.12. The molecule has 2 aliphatic rings. The number of thioether (sulfide) groups is 1. The van der Waals surface area contributed by atoms with Crippen LogP contribution in [0.1, 0.15) is 20.3 Å². The van der Waals surface area contributed by atoms with Crippen LogP contribution in [0.2, 0.25) is 5.02 Å². The van der Waals surface area contributed by atoms with E-state index in [0.717, 1.165) is 0 Å². The molecule has 0 aliphatic carbocycles. The Morgan fingerprint density at radius 3 is 2.81 bits per heavy atom. The molecule has 0 N–H and O–H groups in total. The lowest BCUT2D eigenvalue weighted by Gasteiger charge is -2.26. The molecule has 1 aromatic rings. The lowest BCUT2D eigenvalue weighted by molar-refractivity contribution is -0.118. The summed E-state index contributed by atoms with van der Waals surface area (Å²) >= 11 is 7.50. The van der Waals surface area contributed by atoms with Gasteiger partial charge in [0.05, 0.1) is 30.3 Å². The Labute approximate surface area is 162 Å². The van der Waals surface area contributed by atoms with Crippen LogP contribution in [0.4, 0.5) is 5.69 Å². The normalized spacial score (nSPS) is 25.7. The number of hydrogen-bond donors (Lipinski definition) is 0. The lowest BCUT2D eigenvalue weighted by Crippen LogP contribution is -2.38. The summed E-state index contributed by atoms with van der Waals surface area (Å²) in [6, 6.07) is 4.86. The van der Waals surface area contributed by atoms with Gasteiger partial charge in [0.1, 0.15) is 5.75 Å². The second-order valence-corrected chi connectivity index (χ2v) is 10.7. The summed E-state index contributed by atoms with van der Waals surface area (Å²) in [6.07, 6.45) is 0.345. The fraction of sp³-hybridized carbons (Fsp3) is 0.529. The Morgan fingerprint density at radius 2 is 2.15 bits per heavy atom. The number of rotatable bonds is 4. The van der Waals surface area contributed by atoms with Crippen molar-refractivity contribution in [2.24, 2.45) is 10.9 Å². The minimum absolute atomic E-state index is 0.0255. The molecule has 2 saturated heterocycles. The predicted molar refractivity (Wildman–Crippen MR) is 106 cm³/mol. The largest absolute Gasteiger partial charge is 0.495 e. The molecule has 1 aromatic carbocycles. The van der Waals surface area contributed by atoms with Crippen LogP contribution in [0.5, 0.6) is 5.75 Å². The molecule has 0 spiro atoms. The zero-order chi connectivity index (χ0) is 19.1. The fourth-order valence-corrected chi connectivity index (χ4v) is 7.29. The Morgan fingerprint density at radius 1 is 1.42 bits per heavy atom. The molecule has 6 nitrogen and oxygen atoms in total. The molecule has 0 bridgehead atoms. The lowest BCUT2D eigenvalue weighted by atomic mass is 10.1. The minimum Gasteiger partial charge on any atom is -0.495 e. The number of carbonyl (C=O) groups excluding carboxylic acids is 1. The summed E-state index contributed by atoms with van der Waals surface area (Å²) in [5, 5.41) is 0.860. The van der Waals surface area contributed by atoms with E-state index in [2.05, 4.69) is 4.99 Å². The number of halogens is 1. The van der Waals surface area contributed by atoms with Crippen LogP contribution >= 0.6 is 23.4 Å². The SMILES string of the molecule is COc1ccc(Cl)cc1N1C(=NC(=O)CC(C)C)S[C@H]2CS(=O)(=O)C[C@@H]21. The number of aliphatic imine (C=N–C) groups is 1. The quantitative estimate of drug-likeness (QED) is 0.750. The second-order valence-electron chi connectivity index (χ2n) is 6.87. The van der Waals surface area contributed by atoms with Crippen molar-refractivity contribution in [3.8, 4) is 5.75 Å². The summed E-state index contributed by atoms with van der Waals surface area (Å²) in [5.41, 5.74) is 0.633. The number of benzene rings is 1. The first-order valence-electron chi connectivity index (χ1n) is 8.31. The maximum Gasteiger partial charge on any atom is 0.248 e. The summed E-state index contributed by atoms with van der Waals surface area (Å²) in [6.45, 7) is 3.91. The highest BCUT2D eigenvalue weighted by atomic mass is 35.5. The van der Waals surface area contributed by atoms with Crippen molar-refractivity contribution in [2.45, 2.75) is 31.6 Å². The van der Waals surface area contributed by atoms with E-state index in [1.54, 1.807) is 25.3 Å². The van der Waals surface area contributed by atoms with Gasteiger partial charge >= 0.3 is 0 Å². The molecule has 142 valence electrons. The number of hydrogen-bond acceptors (Lipinski definition) is 5. The van der Waals surface area contributed by atoms with Gasteiger partial charge in [-0.25, -0.2) is 8.42 Å². The van der Waals surface area contributed by atoms with E-state index < -0.39 is 9.84 Å². The van der Waals surface area contributed by atoms with Crippen LogP contribution < -0.4 is 9.64 Å². The van der Waals surface area contributed by atoms with Crippen LogP contribution in [-0.2, 0) is 14.6 Å². The van der Waals surface area contributed by atoms with E-state index in [0.29, 0.717) is 28.0 Å². The molecule has 2 aliphatic heterocycles. The summed E-state index contributed by atoms with van der Waals surface area (Å²) < 4.78 is 29.7. The van der Waals surface area contributed by atoms with Gasteiger partial charge in [-0.05, 0) is 24.1 Å². The van der Waals surface area contributed by atoms with Crippen molar-refractivity contribution in [1.82, 2.24) is 0 Å². The standard InChI is InChI=1S/C17H21ClN2O4S2/c1-10(2)6-16(21)19-17-20(12-7-11(18)4-5-14(12)24-3)13-8-26(22,23)9-15(13)25-17/h4-5,7,10,13,15H,6,8-9H2,1-3H3/t13-,15-/m0/s1. The third kappa shape index (κ3) is 4.02. The first kappa shape index (κ1) is 19.5. The molecule has 2 fully saturated rings. The van der Waals surface area contributed by atoms with Crippen molar-refractivity contribution >= 4 is 50.0 Å². The number of methoxy groups -OCH3 is 1. The van der Waals surface area contributed by atoms with Gasteiger partial charge in [0.2, 0.25) is 5.91 Å². The molecule has 2 atom stereocenters. The molecule has 0 aromatic heterocycles. The van der Waals surface area contributed by atoms with Crippen molar-refractivity contribution < 1.29 is 17.9 Å². The third-order valence-corrected chi connectivity index (χ3v) is 7.72. The van der Waals surface area contributed by atoms with Crippen molar-refractivity contribution in [1.29, 1.82) is 0 Å². The van der Waals surface area contributed by atoms with Gasteiger partial charge in [-0.2, -0.15) is 4.99 Å². The zero-order valence-corrected chi connectivity index (χ0v) is 17.2. The first-order valence-corrected chi connectivity index (χ1v) is 11.4. The molecule has 3 rings (SSSR count). The second kappa shape index (κ2) is 7.40. The van der Waals surface area contributed by atoms with E-state index in [1.807, 2.05) is 18.7 Å². The molecule has 2 heterocycles. The van der Waals surface area contributed by atoms with E-state index in [-0.39, 0.29) is 34.6 Å². The smallest absolute Gasteiger partial charge is 0.248 e. The van der Waals surface area contributed by atoms with Crippen molar-refractivity contribution in [3.63, 3.8) is 0 Å². The number of nitrogens with zero attached hydrogens (tertiary/aromatic N) is 2. The Hall–Kier alpha value is -1.25. The molecule has 9 heteroatoms. The Kier molecular flexibility index (Phi) is 5.55. The topological polar surface area (TPSA) is 76.0 Å². The van der Waals surface area contributed by atoms with Crippen LogP contribution in [0.15, 0.2) is 23.2 Å². The fourth-order valence-electron chi connectivity index (χ4n) is 3.20. The van der Waals surface area contributed by atoms with Gasteiger partial charge in [-0.3, -0.25) is 4.79 Å². The zero-order valence-electron chi connectivity index (χ0n) is 14.8. The highest BCUT2D eigenvalue weighted by Crippen LogP contribution is 2.44. The first-order chi connectivity index (χ1) is 12.2. The molecular formula is C17H21ClN2O4S2. The van der Waals surface area contributed by atoms with Gasteiger partial charge in [-0.15, -0.1) is 0 Å². The van der Waals surface area contributed by atoms with Crippen LogP contribution in [0.25, 0.3) is 0 Å². The molecule has 0 radical (unpaired) electrons. The number of fused-ring (bicyclic) bond motifs is 1. The van der Waals surface area contributed by atoms with Crippen LogP contribution in [0.3, 0.4) is 0 Å². The predicted octanol–water partition coefficient (Wildman–Crippen LogP) is 3.00. The van der Waals surface area contributed by atoms with Crippen molar-refractivity contribution in [2.75, 3.05) is 23.5 Å². The number of carbonyl (C=O) groups is 1. The van der Waals surface area contributed by atoms with Gasteiger partial charge in [0.25, 0.3) is 0 Å². The van der Waals surface area contributed by atoms with Crippen LogP contribution in [-0.4, -0.2) is 49.4 Å². The van der Waals surface area contributed by atoms with Gasteiger partial charge in [0.15, 0.2) is 15.0 Å². The number of anilines is 1. The third-order valence-electron chi connectivity index (χ3n) is 4.27. The maximum absolute atomic E-state index is 12.3. The molecule has 1 amide bonds. The van der Waals surface area contributed by atoms with E-state index in [1.165, 1.54) is 11.8 Å². The molecule has 26 heavy (non-hydrogen) atoms. The number of amides is 1. The molecule has 0 saturated carbocycles.